The number of carbonyl (C=O) groups is 4. The van der Waals surface area contributed by atoms with Crippen LogP contribution in [-0.2, 0) is 65.4 Å². The highest BCUT2D eigenvalue weighted by atomic mass is 31.2. The van der Waals surface area contributed by atoms with E-state index in [1.807, 2.05) is 0 Å². The topological polar surface area (TPSA) is 237 Å². The predicted molar refractivity (Wildman–Crippen MR) is 400 cm³/mol. The van der Waals surface area contributed by atoms with Crippen molar-refractivity contribution in [3.63, 3.8) is 0 Å². The highest BCUT2D eigenvalue weighted by Crippen LogP contribution is 2.45. The van der Waals surface area contributed by atoms with Gasteiger partial charge in [-0.15, -0.1) is 0 Å². The number of aliphatic hydroxyl groups excluding tert-OH is 1. The largest absolute Gasteiger partial charge is 0.472 e. The summed E-state index contributed by atoms with van der Waals surface area (Å²) in [5, 5.41) is 10.6. The SMILES string of the molecule is CCC(C)CCCCCCCCCCCCCCCCC(=O)OC[C@H](COP(=O)(O)OC[C@@H](O)COP(=O)(O)OC[C@@H](COC(=O)CCCCCCCCC(C)C)OC(=O)CCCCCCCCC(C)CC)OC(=O)CCCCCCCCCCCCCCCCCCCCC(C)C. The molecule has 0 aromatic rings. The van der Waals surface area contributed by atoms with Gasteiger partial charge in [0, 0.05) is 25.7 Å². The van der Waals surface area contributed by atoms with Crippen molar-refractivity contribution in [2.24, 2.45) is 23.7 Å². The molecule has 0 aliphatic rings. The van der Waals surface area contributed by atoms with Crippen molar-refractivity contribution in [1.82, 2.24) is 0 Å². The van der Waals surface area contributed by atoms with E-state index in [1.165, 1.54) is 199 Å². The van der Waals surface area contributed by atoms with Gasteiger partial charge < -0.3 is 33.8 Å². The monoisotopic (exact) mass is 1440 g/mol. The van der Waals surface area contributed by atoms with Crippen LogP contribution in [0.5, 0.6) is 0 Å². The number of phosphoric ester groups is 2. The first-order chi connectivity index (χ1) is 47.2. The maximum Gasteiger partial charge on any atom is 0.472 e. The summed E-state index contributed by atoms with van der Waals surface area (Å²) in [7, 11) is -9.91. The molecule has 0 saturated heterocycles. The third-order valence-electron chi connectivity index (χ3n) is 19.0. The van der Waals surface area contributed by atoms with Crippen LogP contribution in [0.3, 0.4) is 0 Å². The Morgan fingerprint density at radius 3 is 0.724 bits per heavy atom. The number of unbranched alkanes of at least 4 members (excludes halogenated alkanes) is 40. The molecular weight excluding hydrogens is 1280 g/mol. The quantitative estimate of drug-likeness (QED) is 0.0222. The van der Waals surface area contributed by atoms with E-state index in [2.05, 4.69) is 55.4 Å². The fraction of sp³-hybridized carbons (Fsp3) is 0.949. The summed E-state index contributed by atoms with van der Waals surface area (Å²) < 4.78 is 68.5. The summed E-state index contributed by atoms with van der Waals surface area (Å²) in [5.74, 6) is 0.947. The van der Waals surface area contributed by atoms with Crippen LogP contribution >= 0.6 is 15.6 Å². The number of carbonyl (C=O) groups excluding carboxylic acids is 4. The molecule has 0 rings (SSSR count). The first-order valence-electron chi connectivity index (χ1n) is 40.8. The number of esters is 4. The van der Waals surface area contributed by atoms with Crippen LogP contribution in [0.15, 0.2) is 0 Å². The standard InChI is InChI=1S/C79H154O17P2/c1-9-71(7)57-49-41-32-28-24-20-17-18-21-25-29-33-43-51-59-76(81)89-65-74(95-78(83)61-53-45-34-30-26-22-16-14-12-11-13-15-19-23-27-31-39-47-55-69(3)4)67-93-97(85,86)91-63-73(80)64-92-98(87,88)94-68-75(66-90-77(82)60-52-44-37-35-40-48-56-70(5)6)96-79(84)62-54-46-38-36-42-50-58-72(8)10-2/h69-75,80H,9-68H2,1-8H3,(H,85,86)(H,87,88)/t71?,72?,73-,74-,75-/m1/s1. The summed E-state index contributed by atoms with van der Waals surface area (Å²) in [4.78, 5) is 72.8. The lowest BCUT2D eigenvalue weighted by Gasteiger charge is -2.21. The minimum atomic E-state index is -4.96. The van der Waals surface area contributed by atoms with Gasteiger partial charge >= 0.3 is 39.5 Å². The number of hydrogen-bond acceptors (Lipinski definition) is 15. The molecule has 3 N–H and O–H groups in total. The smallest absolute Gasteiger partial charge is 0.462 e. The van der Waals surface area contributed by atoms with E-state index in [0.29, 0.717) is 31.6 Å². The molecule has 98 heavy (non-hydrogen) atoms. The first kappa shape index (κ1) is 96.1. The molecule has 582 valence electrons. The third-order valence-corrected chi connectivity index (χ3v) is 20.9. The van der Waals surface area contributed by atoms with Crippen LogP contribution in [-0.4, -0.2) is 96.7 Å². The van der Waals surface area contributed by atoms with Crippen molar-refractivity contribution in [3.05, 3.63) is 0 Å². The molecular formula is C79H154O17P2. The van der Waals surface area contributed by atoms with Gasteiger partial charge in [0.25, 0.3) is 0 Å². The van der Waals surface area contributed by atoms with E-state index in [4.69, 9.17) is 37.0 Å². The van der Waals surface area contributed by atoms with E-state index in [9.17, 15) is 43.2 Å². The maximum atomic E-state index is 13.1. The number of rotatable bonds is 76. The third kappa shape index (κ3) is 69.8. The molecule has 0 bridgehead atoms. The van der Waals surface area contributed by atoms with Crippen molar-refractivity contribution < 1.29 is 80.2 Å². The zero-order valence-electron chi connectivity index (χ0n) is 64.4. The average Bonchev–Trinajstić information content (AvgIpc) is 1.03. The van der Waals surface area contributed by atoms with Gasteiger partial charge in [0.2, 0.25) is 0 Å². The Hall–Kier alpha value is -1.94. The highest BCUT2D eigenvalue weighted by Gasteiger charge is 2.30. The summed E-state index contributed by atoms with van der Waals surface area (Å²) in [6.45, 7) is 14.2. The second-order valence-electron chi connectivity index (χ2n) is 29.9. The Morgan fingerprint density at radius 2 is 0.490 bits per heavy atom. The minimum Gasteiger partial charge on any atom is -0.462 e. The van der Waals surface area contributed by atoms with Crippen LogP contribution < -0.4 is 0 Å². The molecule has 17 nitrogen and oxygen atoms in total. The van der Waals surface area contributed by atoms with Gasteiger partial charge in [0.05, 0.1) is 26.4 Å². The van der Waals surface area contributed by atoms with Crippen molar-refractivity contribution in [2.45, 2.75) is 420 Å². The molecule has 0 fully saturated rings. The lowest BCUT2D eigenvalue weighted by atomic mass is 9.99. The van der Waals surface area contributed by atoms with Gasteiger partial charge in [-0.3, -0.25) is 37.3 Å². The molecule has 0 radical (unpaired) electrons. The zero-order valence-corrected chi connectivity index (χ0v) is 66.2. The van der Waals surface area contributed by atoms with Crippen molar-refractivity contribution in [3.8, 4) is 0 Å². The Labute approximate surface area is 600 Å². The summed E-state index contributed by atoms with van der Waals surface area (Å²) in [6.07, 6.45) is 54.4. The van der Waals surface area contributed by atoms with Crippen LogP contribution in [0.25, 0.3) is 0 Å². The molecule has 0 aliphatic heterocycles. The Morgan fingerprint density at radius 1 is 0.286 bits per heavy atom. The molecule has 19 heteroatoms. The van der Waals surface area contributed by atoms with Gasteiger partial charge in [-0.25, -0.2) is 9.13 Å². The van der Waals surface area contributed by atoms with E-state index >= 15 is 0 Å². The fourth-order valence-corrected chi connectivity index (χ4v) is 13.6. The molecule has 4 unspecified atom stereocenters. The van der Waals surface area contributed by atoms with Crippen LogP contribution in [0.1, 0.15) is 402 Å². The van der Waals surface area contributed by atoms with Gasteiger partial charge in [0.1, 0.15) is 19.3 Å². The highest BCUT2D eigenvalue weighted by molar-refractivity contribution is 7.47. The number of hydrogen-bond donors (Lipinski definition) is 3. The van der Waals surface area contributed by atoms with E-state index in [1.54, 1.807) is 0 Å². The summed E-state index contributed by atoms with van der Waals surface area (Å²) in [6, 6.07) is 0. The number of aliphatic hydroxyl groups is 1. The molecule has 7 atom stereocenters. The van der Waals surface area contributed by atoms with E-state index in [0.717, 1.165) is 114 Å². The van der Waals surface area contributed by atoms with E-state index < -0.39 is 97.5 Å². The Balaban J connectivity index is 5.20. The van der Waals surface area contributed by atoms with Gasteiger partial charge in [-0.05, 0) is 49.4 Å². The molecule has 0 aromatic heterocycles. The zero-order chi connectivity index (χ0) is 72.4. The van der Waals surface area contributed by atoms with Gasteiger partial charge in [-0.1, -0.05) is 351 Å². The first-order valence-corrected chi connectivity index (χ1v) is 43.8. The lowest BCUT2D eigenvalue weighted by molar-refractivity contribution is -0.161. The predicted octanol–water partition coefficient (Wildman–Crippen LogP) is 23.2. The second-order valence-corrected chi connectivity index (χ2v) is 32.8. The lowest BCUT2D eigenvalue weighted by Crippen LogP contribution is -2.30. The van der Waals surface area contributed by atoms with E-state index in [-0.39, 0.29) is 25.7 Å². The molecule has 0 saturated carbocycles. The molecule has 0 spiro atoms. The van der Waals surface area contributed by atoms with Crippen molar-refractivity contribution >= 4 is 39.5 Å². The fourth-order valence-electron chi connectivity index (χ4n) is 12.0. The molecule has 0 amide bonds. The van der Waals surface area contributed by atoms with Gasteiger partial charge in [0.15, 0.2) is 12.2 Å². The Bertz CT molecular complexity index is 1920. The molecule has 0 heterocycles. The van der Waals surface area contributed by atoms with Crippen LogP contribution in [0.4, 0.5) is 0 Å². The number of phosphoric acid groups is 2. The normalized spacial score (nSPS) is 14.6. The minimum absolute atomic E-state index is 0.102. The summed E-state index contributed by atoms with van der Waals surface area (Å²) in [5.41, 5.74) is 0. The van der Waals surface area contributed by atoms with Crippen LogP contribution in [0, 0.1) is 23.7 Å². The maximum absolute atomic E-state index is 13.1. The Kier molecular flexibility index (Phi) is 66.8. The summed E-state index contributed by atoms with van der Waals surface area (Å²) >= 11 is 0. The van der Waals surface area contributed by atoms with Gasteiger partial charge in [-0.2, -0.15) is 0 Å². The average molecular weight is 1440 g/mol. The van der Waals surface area contributed by atoms with Crippen LogP contribution in [0.2, 0.25) is 0 Å². The molecule has 0 aliphatic carbocycles. The van der Waals surface area contributed by atoms with Crippen molar-refractivity contribution in [1.29, 1.82) is 0 Å². The molecule has 0 aromatic carbocycles. The number of ether oxygens (including phenoxy) is 4. The van der Waals surface area contributed by atoms with Crippen molar-refractivity contribution in [2.75, 3.05) is 39.6 Å². The second kappa shape index (κ2) is 68.2.